The van der Waals surface area contributed by atoms with Gasteiger partial charge in [0.05, 0.1) is 0 Å². The minimum atomic E-state index is -2.15. The second kappa shape index (κ2) is 9.99. The smallest absolute Gasteiger partial charge is 0.407 e. The van der Waals surface area contributed by atoms with Gasteiger partial charge in [-0.05, 0) is 64.2 Å². The summed E-state index contributed by atoms with van der Waals surface area (Å²) in [6, 6.07) is 0. The van der Waals surface area contributed by atoms with Crippen molar-refractivity contribution < 1.29 is 23.9 Å². The normalized spacial score (nSPS) is 13.3. The van der Waals surface area contributed by atoms with Gasteiger partial charge in [-0.1, -0.05) is 27.2 Å². The number of carbonyl (C=O) groups excluding carboxylic acids is 1. The van der Waals surface area contributed by atoms with Gasteiger partial charge in [-0.2, -0.15) is 0 Å². The van der Waals surface area contributed by atoms with Gasteiger partial charge in [-0.3, -0.25) is 0 Å². The molecule has 0 rings (SSSR count). The third kappa shape index (κ3) is 10.5. The summed E-state index contributed by atoms with van der Waals surface area (Å²) in [6.45, 7) is 16.3. The molecule has 0 heterocycles. The fourth-order valence-corrected chi connectivity index (χ4v) is 2.81. The first-order valence-corrected chi connectivity index (χ1v) is 12.2. The topological polar surface area (TPSA) is 84.9 Å². The molecule has 0 aromatic carbocycles. The van der Waals surface area contributed by atoms with Crippen molar-refractivity contribution in [1.29, 1.82) is 0 Å². The summed E-state index contributed by atoms with van der Waals surface area (Å²) < 4.78 is 11.1. The number of carboxylic acids is 1. The van der Waals surface area contributed by atoms with Gasteiger partial charge in [-0.15, -0.1) is 0 Å². The van der Waals surface area contributed by atoms with Gasteiger partial charge in [0.2, 0.25) is 0 Å². The molecule has 0 saturated heterocycles. The van der Waals surface area contributed by atoms with Gasteiger partial charge in [0.25, 0.3) is 8.32 Å². The maximum Gasteiger partial charge on any atom is 0.407 e. The van der Waals surface area contributed by atoms with Crippen LogP contribution in [-0.4, -0.2) is 37.6 Å². The molecule has 0 fully saturated rings. The van der Waals surface area contributed by atoms with Crippen molar-refractivity contribution in [2.45, 2.75) is 91.0 Å². The molecule has 7 heteroatoms. The summed E-state index contributed by atoms with van der Waals surface area (Å²) in [7, 11) is -2.15. The Morgan fingerprint density at radius 1 is 1.04 bits per heavy atom. The first-order valence-electron chi connectivity index (χ1n) is 9.25. The standard InChI is InChI=1S/C19H37NO5Si/c1-18(2,3)24-17(23)20-14-12-10-9-11-13-15(16(21)22)25-26(7,8)19(4,5)6/h13H,9-12,14H2,1-8H3,(H,20,23)(H,21,22). The number of aliphatic carboxylic acids is 1. The van der Waals surface area contributed by atoms with Crippen LogP contribution in [0.25, 0.3) is 0 Å². The number of hydrogen-bond donors (Lipinski definition) is 2. The molecule has 0 unspecified atom stereocenters. The Bertz CT molecular complexity index is 501. The second-order valence-corrected chi connectivity index (χ2v) is 13.7. The molecular weight excluding hydrogens is 350 g/mol. The molecular formula is C19H37NO5Si. The largest absolute Gasteiger partial charge is 0.539 e. The fraction of sp³-hybridized carbons (Fsp3) is 0.789. The summed E-state index contributed by atoms with van der Waals surface area (Å²) in [4.78, 5) is 22.9. The number of hydrogen-bond acceptors (Lipinski definition) is 4. The van der Waals surface area contributed by atoms with Crippen LogP contribution in [0, 0.1) is 0 Å². The molecule has 1 amide bonds. The van der Waals surface area contributed by atoms with Gasteiger partial charge in [-0.25, -0.2) is 9.59 Å². The number of carboxylic acid groups (broad SMARTS) is 1. The monoisotopic (exact) mass is 387 g/mol. The van der Waals surface area contributed by atoms with E-state index in [1.807, 2.05) is 33.9 Å². The maximum absolute atomic E-state index is 11.5. The fourth-order valence-electron chi connectivity index (χ4n) is 1.78. The van der Waals surface area contributed by atoms with E-state index in [1.165, 1.54) is 0 Å². The quantitative estimate of drug-likeness (QED) is 0.250. The number of carbonyl (C=O) groups is 2. The van der Waals surface area contributed by atoms with Gasteiger partial charge in [0.1, 0.15) is 5.60 Å². The lowest BCUT2D eigenvalue weighted by Crippen LogP contribution is -2.41. The SMILES string of the molecule is CC(C)(C)OC(=O)NCCCCCC=C(O[Si](C)(C)C(C)(C)C)C(=O)O. The molecule has 0 bridgehead atoms. The molecule has 6 nitrogen and oxygen atoms in total. The Hall–Kier alpha value is -1.50. The van der Waals surface area contributed by atoms with Gasteiger partial charge >= 0.3 is 12.1 Å². The number of allylic oxidation sites excluding steroid dienone is 1. The third-order valence-corrected chi connectivity index (χ3v) is 8.60. The van der Waals surface area contributed by atoms with E-state index < -0.39 is 26.0 Å². The third-order valence-electron chi connectivity index (χ3n) is 4.26. The molecule has 0 aromatic rings. The number of rotatable bonds is 9. The Balaban J connectivity index is 4.24. The molecule has 0 radical (unpaired) electrons. The highest BCUT2D eigenvalue weighted by atomic mass is 28.4. The first kappa shape index (κ1) is 24.5. The zero-order chi connectivity index (χ0) is 20.6. The van der Waals surface area contributed by atoms with Crippen LogP contribution in [0.3, 0.4) is 0 Å². The number of amides is 1. The molecule has 0 aliphatic heterocycles. The van der Waals surface area contributed by atoms with Crippen molar-refractivity contribution in [1.82, 2.24) is 5.32 Å². The van der Waals surface area contributed by atoms with Crippen molar-refractivity contribution >= 4 is 20.4 Å². The van der Waals surface area contributed by atoms with E-state index >= 15 is 0 Å². The van der Waals surface area contributed by atoms with Crippen molar-refractivity contribution in [2.24, 2.45) is 0 Å². The van der Waals surface area contributed by atoms with Gasteiger partial charge < -0.3 is 19.6 Å². The number of alkyl carbamates (subject to hydrolysis) is 1. The van der Waals surface area contributed by atoms with Gasteiger partial charge in [0, 0.05) is 6.54 Å². The number of ether oxygens (including phenoxy) is 1. The Labute approximate surface area is 159 Å². The Kier molecular flexibility index (Phi) is 9.42. The zero-order valence-electron chi connectivity index (χ0n) is 17.7. The summed E-state index contributed by atoms with van der Waals surface area (Å²) in [6.07, 6.45) is 4.45. The predicted octanol–water partition coefficient (Wildman–Crippen LogP) is 5.06. The van der Waals surface area contributed by atoms with Crippen LogP contribution in [0.5, 0.6) is 0 Å². The highest BCUT2D eigenvalue weighted by molar-refractivity contribution is 6.74. The van der Waals surface area contributed by atoms with E-state index in [9.17, 15) is 14.7 Å². The van der Waals surface area contributed by atoms with E-state index in [0.29, 0.717) is 13.0 Å². The summed E-state index contributed by atoms with van der Waals surface area (Å²) in [5.74, 6) is -0.954. The Morgan fingerprint density at radius 2 is 1.62 bits per heavy atom. The molecule has 26 heavy (non-hydrogen) atoms. The summed E-state index contributed by atoms with van der Waals surface area (Å²) in [5.41, 5.74) is -0.494. The summed E-state index contributed by atoms with van der Waals surface area (Å²) >= 11 is 0. The molecule has 152 valence electrons. The minimum absolute atomic E-state index is 0.0468. The van der Waals surface area contributed by atoms with Crippen LogP contribution in [-0.2, 0) is 14.0 Å². The molecule has 0 atom stereocenters. The van der Waals surface area contributed by atoms with Gasteiger partial charge in [0.15, 0.2) is 5.76 Å². The first-order chi connectivity index (χ1) is 11.7. The van der Waals surface area contributed by atoms with E-state index in [2.05, 4.69) is 26.1 Å². The van der Waals surface area contributed by atoms with E-state index in [4.69, 9.17) is 9.16 Å². The predicted molar refractivity (Wildman–Crippen MR) is 107 cm³/mol. The minimum Gasteiger partial charge on any atom is -0.539 e. The van der Waals surface area contributed by atoms with Crippen LogP contribution in [0.1, 0.15) is 67.2 Å². The number of nitrogens with one attached hydrogen (secondary N) is 1. The lowest BCUT2D eigenvalue weighted by Gasteiger charge is -2.36. The molecule has 0 saturated carbocycles. The molecule has 2 N–H and O–H groups in total. The maximum atomic E-state index is 11.5. The highest BCUT2D eigenvalue weighted by Crippen LogP contribution is 2.38. The van der Waals surface area contributed by atoms with E-state index in [0.717, 1.165) is 19.3 Å². The summed E-state index contributed by atoms with van der Waals surface area (Å²) in [5, 5.41) is 12.0. The lowest BCUT2D eigenvalue weighted by atomic mass is 10.2. The van der Waals surface area contributed by atoms with Crippen LogP contribution >= 0.6 is 0 Å². The second-order valence-electron chi connectivity index (χ2n) is 9.01. The Morgan fingerprint density at radius 3 is 2.08 bits per heavy atom. The van der Waals surface area contributed by atoms with E-state index in [-0.39, 0.29) is 10.8 Å². The van der Waals surface area contributed by atoms with Crippen LogP contribution < -0.4 is 5.32 Å². The lowest BCUT2D eigenvalue weighted by molar-refractivity contribution is -0.135. The van der Waals surface area contributed by atoms with Crippen LogP contribution in [0.4, 0.5) is 4.79 Å². The van der Waals surface area contributed by atoms with Crippen molar-refractivity contribution in [3.8, 4) is 0 Å². The van der Waals surface area contributed by atoms with E-state index in [1.54, 1.807) is 6.08 Å². The molecule has 0 aliphatic rings. The van der Waals surface area contributed by atoms with Crippen LogP contribution in [0.2, 0.25) is 18.1 Å². The van der Waals surface area contributed by atoms with Crippen molar-refractivity contribution in [3.05, 3.63) is 11.8 Å². The molecule has 0 spiro atoms. The zero-order valence-corrected chi connectivity index (χ0v) is 18.7. The average Bonchev–Trinajstić information content (AvgIpc) is 2.41. The van der Waals surface area contributed by atoms with Crippen molar-refractivity contribution in [2.75, 3.05) is 6.54 Å². The van der Waals surface area contributed by atoms with Crippen LogP contribution in [0.15, 0.2) is 11.8 Å². The number of unbranched alkanes of at least 4 members (excludes halogenated alkanes) is 3. The molecule has 0 aromatic heterocycles. The molecule has 0 aliphatic carbocycles. The highest BCUT2D eigenvalue weighted by Gasteiger charge is 2.40. The van der Waals surface area contributed by atoms with Crippen molar-refractivity contribution in [3.63, 3.8) is 0 Å². The average molecular weight is 388 g/mol.